The monoisotopic (exact) mass is 408 g/mol. The lowest BCUT2D eigenvalue weighted by Crippen LogP contribution is -2.44. The second-order valence-corrected chi connectivity index (χ2v) is 7.52. The van der Waals surface area contributed by atoms with Gasteiger partial charge in [0.15, 0.2) is 5.96 Å². The topological polar surface area (TPSA) is 57.5 Å². The number of aliphatic imine (C=N–C) groups is 1. The van der Waals surface area contributed by atoms with E-state index in [2.05, 4.69) is 43.7 Å². The van der Waals surface area contributed by atoms with Crippen LogP contribution in [-0.4, -0.2) is 41.7 Å². The normalized spacial score (nSPS) is 16.8. The van der Waals surface area contributed by atoms with Gasteiger partial charge in [-0.15, -0.1) is 0 Å². The van der Waals surface area contributed by atoms with Gasteiger partial charge in [-0.3, -0.25) is 4.99 Å². The van der Waals surface area contributed by atoms with Crippen LogP contribution >= 0.6 is 11.6 Å². The van der Waals surface area contributed by atoms with Crippen molar-refractivity contribution in [1.82, 2.24) is 20.2 Å². The standard InChI is InChI=1S/C22H25ClN6/c1-24-22(26-14-17-5-2-3-8-21(17)29-12-10-25-16-29)27-19-9-11-28(15-19)20-7-4-6-18(23)13-20/h2-8,10,12-13,16,19H,9,11,14-15H2,1H3,(H2,24,26,27). The zero-order valence-corrected chi connectivity index (χ0v) is 17.2. The number of nitrogens with one attached hydrogen (secondary N) is 2. The number of para-hydroxylation sites is 1. The SMILES string of the molecule is CN=C(NCc1ccccc1-n1ccnc1)NC1CCN(c2cccc(Cl)c2)C1. The summed E-state index contributed by atoms with van der Waals surface area (Å²) in [5, 5.41) is 7.76. The molecule has 1 aliphatic heterocycles. The van der Waals surface area contributed by atoms with E-state index in [1.54, 1.807) is 13.2 Å². The number of hydrogen-bond donors (Lipinski definition) is 2. The average molecular weight is 409 g/mol. The lowest BCUT2D eigenvalue weighted by Gasteiger charge is -2.21. The summed E-state index contributed by atoms with van der Waals surface area (Å²) >= 11 is 6.14. The van der Waals surface area contributed by atoms with E-state index in [1.807, 2.05) is 47.4 Å². The van der Waals surface area contributed by atoms with Crippen molar-refractivity contribution in [3.05, 3.63) is 77.8 Å². The van der Waals surface area contributed by atoms with Crippen molar-refractivity contribution in [2.75, 3.05) is 25.0 Å². The third-order valence-electron chi connectivity index (χ3n) is 5.15. The van der Waals surface area contributed by atoms with Gasteiger partial charge >= 0.3 is 0 Å². The van der Waals surface area contributed by atoms with Crippen molar-refractivity contribution in [2.45, 2.75) is 19.0 Å². The molecule has 2 N–H and O–H groups in total. The zero-order chi connectivity index (χ0) is 20.1. The van der Waals surface area contributed by atoms with Gasteiger partial charge in [-0.2, -0.15) is 0 Å². The molecule has 2 heterocycles. The number of guanidine groups is 1. The van der Waals surface area contributed by atoms with Crippen LogP contribution in [-0.2, 0) is 6.54 Å². The van der Waals surface area contributed by atoms with Gasteiger partial charge in [-0.1, -0.05) is 35.9 Å². The van der Waals surface area contributed by atoms with Crippen LogP contribution in [0.5, 0.6) is 0 Å². The third kappa shape index (κ3) is 4.71. The Bertz CT molecular complexity index is 969. The van der Waals surface area contributed by atoms with Crippen LogP contribution in [0, 0.1) is 0 Å². The van der Waals surface area contributed by atoms with Gasteiger partial charge in [0, 0.05) is 55.8 Å². The summed E-state index contributed by atoms with van der Waals surface area (Å²) in [6.45, 7) is 2.60. The molecule has 1 fully saturated rings. The largest absolute Gasteiger partial charge is 0.369 e. The van der Waals surface area contributed by atoms with Crippen LogP contribution in [0.4, 0.5) is 5.69 Å². The fourth-order valence-electron chi connectivity index (χ4n) is 3.67. The number of halogens is 1. The summed E-state index contributed by atoms with van der Waals surface area (Å²) in [7, 11) is 1.81. The molecular weight excluding hydrogens is 384 g/mol. The molecule has 1 aromatic heterocycles. The number of nitrogens with zero attached hydrogens (tertiary/aromatic N) is 4. The number of anilines is 1. The summed E-state index contributed by atoms with van der Waals surface area (Å²) in [5.41, 5.74) is 3.46. The van der Waals surface area contributed by atoms with Gasteiger partial charge in [-0.05, 0) is 36.2 Å². The summed E-state index contributed by atoms with van der Waals surface area (Å²) < 4.78 is 2.02. The highest BCUT2D eigenvalue weighted by Gasteiger charge is 2.23. The highest BCUT2D eigenvalue weighted by molar-refractivity contribution is 6.30. The van der Waals surface area contributed by atoms with Crippen molar-refractivity contribution >= 4 is 23.2 Å². The highest BCUT2D eigenvalue weighted by atomic mass is 35.5. The van der Waals surface area contributed by atoms with E-state index in [4.69, 9.17) is 11.6 Å². The van der Waals surface area contributed by atoms with E-state index in [1.165, 1.54) is 11.3 Å². The molecular formula is C22H25ClN6. The van der Waals surface area contributed by atoms with Gasteiger partial charge in [0.05, 0.1) is 12.0 Å². The summed E-state index contributed by atoms with van der Waals surface area (Å²) in [4.78, 5) is 10.9. The maximum Gasteiger partial charge on any atom is 0.191 e. The maximum atomic E-state index is 6.14. The Balaban J connectivity index is 1.36. The van der Waals surface area contributed by atoms with E-state index in [-0.39, 0.29) is 0 Å². The summed E-state index contributed by atoms with van der Waals surface area (Å²) in [5.74, 6) is 0.809. The molecule has 1 atom stereocenters. The Morgan fingerprint density at radius 3 is 2.93 bits per heavy atom. The first kappa shape index (κ1) is 19.3. The first-order valence-electron chi connectivity index (χ1n) is 9.77. The third-order valence-corrected chi connectivity index (χ3v) is 5.38. The molecule has 0 radical (unpaired) electrons. The van der Waals surface area contributed by atoms with E-state index in [9.17, 15) is 0 Å². The highest BCUT2D eigenvalue weighted by Crippen LogP contribution is 2.23. The average Bonchev–Trinajstić information content (AvgIpc) is 3.43. The van der Waals surface area contributed by atoms with Gasteiger partial charge in [0.25, 0.3) is 0 Å². The lowest BCUT2D eigenvalue weighted by atomic mass is 10.1. The number of rotatable bonds is 5. The van der Waals surface area contributed by atoms with Gasteiger partial charge in [-0.25, -0.2) is 4.98 Å². The Hall–Kier alpha value is -2.99. The second-order valence-electron chi connectivity index (χ2n) is 7.08. The number of aromatic nitrogens is 2. The molecule has 150 valence electrons. The van der Waals surface area contributed by atoms with Crippen LogP contribution in [0.15, 0.2) is 72.2 Å². The number of imidazole rings is 1. The molecule has 0 spiro atoms. The maximum absolute atomic E-state index is 6.14. The Morgan fingerprint density at radius 1 is 1.24 bits per heavy atom. The number of hydrogen-bond acceptors (Lipinski definition) is 3. The lowest BCUT2D eigenvalue weighted by molar-refractivity contribution is 0.648. The molecule has 7 heteroatoms. The predicted molar refractivity (Wildman–Crippen MR) is 119 cm³/mol. The quantitative estimate of drug-likeness (QED) is 0.501. The van der Waals surface area contributed by atoms with Crippen LogP contribution in [0.3, 0.4) is 0 Å². The van der Waals surface area contributed by atoms with Crippen molar-refractivity contribution in [3.63, 3.8) is 0 Å². The smallest absolute Gasteiger partial charge is 0.191 e. The molecule has 0 aliphatic carbocycles. The molecule has 0 bridgehead atoms. The first-order valence-corrected chi connectivity index (χ1v) is 10.1. The van der Waals surface area contributed by atoms with Crippen LogP contribution < -0.4 is 15.5 Å². The molecule has 29 heavy (non-hydrogen) atoms. The molecule has 4 rings (SSSR count). The van der Waals surface area contributed by atoms with Crippen LogP contribution in [0.1, 0.15) is 12.0 Å². The van der Waals surface area contributed by atoms with Crippen molar-refractivity contribution in [3.8, 4) is 5.69 Å². The molecule has 1 aliphatic rings. The van der Waals surface area contributed by atoms with Crippen molar-refractivity contribution in [2.24, 2.45) is 4.99 Å². The van der Waals surface area contributed by atoms with Crippen molar-refractivity contribution in [1.29, 1.82) is 0 Å². The minimum absolute atomic E-state index is 0.337. The Kier molecular flexibility index (Phi) is 6.00. The van der Waals surface area contributed by atoms with E-state index >= 15 is 0 Å². The molecule has 1 unspecified atom stereocenters. The van der Waals surface area contributed by atoms with E-state index < -0.39 is 0 Å². The van der Waals surface area contributed by atoms with E-state index in [0.717, 1.165) is 36.2 Å². The van der Waals surface area contributed by atoms with E-state index in [0.29, 0.717) is 12.6 Å². The molecule has 0 saturated carbocycles. The summed E-state index contributed by atoms with van der Waals surface area (Å²) in [6, 6.07) is 16.7. The van der Waals surface area contributed by atoms with Gasteiger partial charge in [0.1, 0.15) is 0 Å². The summed E-state index contributed by atoms with van der Waals surface area (Å²) in [6.07, 6.45) is 6.61. The fourth-order valence-corrected chi connectivity index (χ4v) is 3.85. The minimum Gasteiger partial charge on any atom is -0.369 e. The number of benzene rings is 2. The molecule has 0 amide bonds. The molecule has 1 saturated heterocycles. The van der Waals surface area contributed by atoms with Crippen molar-refractivity contribution < 1.29 is 0 Å². The zero-order valence-electron chi connectivity index (χ0n) is 16.4. The Morgan fingerprint density at radius 2 is 2.14 bits per heavy atom. The molecule has 3 aromatic rings. The fraction of sp³-hybridized carbons (Fsp3) is 0.273. The molecule has 6 nitrogen and oxygen atoms in total. The van der Waals surface area contributed by atoms with Gasteiger partial charge < -0.3 is 20.1 Å². The molecule has 2 aromatic carbocycles. The van der Waals surface area contributed by atoms with Gasteiger partial charge in [0.2, 0.25) is 0 Å². The second kappa shape index (κ2) is 9.01. The Labute approximate surface area is 176 Å². The van der Waals surface area contributed by atoms with Crippen LogP contribution in [0.25, 0.3) is 5.69 Å². The first-order chi connectivity index (χ1) is 14.2. The predicted octanol–water partition coefficient (Wildman–Crippen LogP) is 3.47. The van der Waals surface area contributed by atoms with Crippen LogP contribution in [0.2, 0.25) is 5.02 Å². The minimum atomic E-state index is 0.337.